The van der Waals surface area contributed by atoms with Crippen molar-refractivity contribution in [2.75, 3.05) is 26.2 Å². The molecule has 0 spiro atoms. The third kappa shape index (κ3) is 3.96. The van der Waals surface area contributed by atoms with Crippen LogP contribution >= 0.6 is 11.6 Å². The molecule has 0 unspecified atom stereocenters. The van der Waals surface area contributed by atoms with E-state index < -0.39 is 10.0 Å². The zero-order chi connectivity index (χ0) is 19.7. The summed E-state index contributed by atoms with van der Waals surface area (Å²) in [6.45, 7) is 2.59. The molecule has 2 atom stereocenters. The van der Waals surface area contributed by atoms with Crippen LogP contribution in [0.2, 0.25) is 5.02 Å². The minimum atomic E-state index is -3.58. The highest BCUT2D eigenvalue weighted by atomic mass is 35.5. The second-order valence-electron chi connectivity index (χ2n) is 8.45. The molecule has 0 N–H and O–H groups in total. The summed E-state index contributed by atoms with van der Waals surface area (Å²) >= 11 is 6.33. The van der Waals surface area contributed by atoms with Gasteiger partial charge in [0.2, 0.25) is 10.0 Å². The summed E-state index contributed by atoms with van der Waals surface area (Å²) in [7, 11) is -3.58. The summed E-state index contributed by atoms with van der Waals surface area (Å²) < 4.78 is 27.5. The van der Waals surface area contributed by atoms with Gasteiger partial charge in [-0.3, -0.25) is 4.79 Å². The lowest BCUT2D eigenvalue weighted by Gasteiger charge is -2.41. The van der Waals surface area contributed by atoms with E-state index in [2.05, 4.69) is 0 Å². The van der Waals surface area contributed by atoms with Gasteiger partial charge in [-0.05, 0) is 55.7 Å². The van der Waals surface area contributed by atoms with Gasteiger partial charge in [-0.1, -0.05) is 37.3 Å². The average Bonchev–Trinajstić information content (AvgIpc) is 2.73. The number of piperidine rings is 2. The highest BCUT2D eigenvalue weighted by Crippen LogP contribution is 2.37. The summed E-state index contributed by atoms with van der Waals surface area (Å²) in [5.41, 5.74) is 0.314. The lowest BCUT2D eigenvalue weighted by molar-refractivity contribution is 0.0521. The van der Waals surface area contributed by atoms with Crippen molar-refractivity contribution in [3.8, 4) is 0 Å². The van der Waals surface area contributed by atoms with Crippen LogP contribution in [0.5, 0.6) is 0 Å². The largest absolute Gasteiger partial charge is 0.338 e. The maximum absolute atomic E-state index is 13.2. The van der Waals surface area contributed by atoms with Crippen molar-refractivity contribution in [2.24, 2.45) is 11.8 Å². The Hall–Kier alpha value is -1.11. The number of carbonyl (C=O) groups excluding carboxylic acids is 1. The maximum Gasteiger partial charge on any atom is 0.255 e. The molecule has 1 amide bonds. The zero-order valence-electron chi connectivity index (χ0n) is 16.3. The molecule has 154 valence electrons. The quantitative estimate of drug-likeness (QED) is 0.731. The number of benzene rings is 1. The SMILES string of the molecule is O=C(c1cc(S(=O)(=O)N2CCCCC2)ccc1Cl)N1CC[C@@H]2CCCC[C@H]2C1. The molecule has 1 aromatic carbocycles. The van der Waals surface area contributed by atoms with Crippen LogP contribution in [0.25, 0.3) is 0 Å². The Labute approximate surface area is 173 Å². The molecule has 28 heavy (non-hydrogen) atoms. The average molecular weight is 425 g/mol. The van der Waals surface area contributed by atoms with Crippen molar-refractivity contribution in [1.82, 2.24) is 9.21 Å². The number of rotatable bonds is 3. The molecular formula is C21H29ClN2O3S. The monoisotopic (exact) mass is 424 g/mol. The van der Waals surface area contributed by atoms with E-state index in [0.717, 1.165) is 44.7 Å². The first-order chi connectivity index (χ1) is 13.5. The first kappa shape index (κ1) is 20.2. The molecule has 3 fully saturated rings. The minimum Gasteiger partial charge on any atom is -0.338 e. The highest BCUT2D eigenvalue weighted by molar-refractivity contribution is 7.89. The molecule has 7 heteroatoms. The number of hydrogen-bond donors (Lipinski definition) is 0. The van der Waals surface area contributed by atoms with Crippen LogP contribution in [0.1, 0.15) is 61.7 Å². The number of amides is 1. The predicted molar refractivity (Wildman–Crippen MR) is 110 cm³/mol. The normalized spacial score (nSPS) is 26.7. The Morgan fingerprint density at radius 2 is 1.64 bits per heavy atom. The summed E-state index contributed by atoms with van der Waals surface area (Å²) in [5.74, 6) is 1.18. The van der Waals surface area contributed by atoms with Crippen molar-refractivity contribution in [1.29, 1.82) is 0 Å². The molecule has 1 aromatic rings. The number of hydrogen-bond acceptors (Lipinski definition) is 3. The van der Waals surface area contributed by atoms with Crippen LogP contribution in [-0.4, -0.2) is 49.7 Å². The smallest absolute Gasteiger partial charge is 0.255 e. The van der Waals surface area contributed by atoms with Crippen molar-refractivity contribution in [3.05, 3.63) is 28.8 Å². The van der Waals surface area contributed by atoms with Crippen molar-refractivity contribution < 1.29 is 13.2 Å². The van der Waals surface area contributed by atoms with Crippen LogP contribution < -0.4 is 0 Å². The molecule has 4 rings (SSSR count). The van der Waals surface area contributed by atoms with Gasteiger partial charge < -0.3 is 4.90 Å². The molecule has 5 nitrogen and oxygen atoms in total. The fourth-order valence-corrected chi connectivity index (χ4v) is 6.78. The van der Waals surface area contributed by atoms with E-state index in [4.69, 9.17) is 11.6 Å². The second kappa shape index (κ2) is 8.33. The molecule has 2 heterocycles. The number of fused-ring (bicyclic) bond motifs is 1. The van der Waals surface area contributed by atoms with Gasteiger partial charge in [0.15, 0.2) is 0 Å². The van der Waals surface area contributed by atoms with Crippen LogP contribution in [0.4, 0.5) is 0 Å². The fraction of sp³-hybridized carbons (Fsp3) is 0.667. The number of carbonyl (C=O) groups is 1. The number of nitrogens with zero attached hydrogens (tertiary/aromatic N) is 2. The lowest BCUT2D eigenvalue weighted by Crippen LogP contribution is -2.44. The molecule has 0 aromatic heterocycles. The van der Waals surface area contributed by atoms with E-state index in [1.54, 1.807) is 6.07 Å². The van der Waals surface area contributed by atoms with E-state index in [0.29, 0.717) is 29.6 Å². The maximum atomic E-state index is 13.2. The summed E-state index contributed by atoms with van der Waals surface area (Å²) in [5, 5.41) is 0.327. The van der Waals surface area contributed by atoms with E-state index in [-0.39, 0.29) is 10.8 Å². The molecular weight excluding hydrogens is 396 g/mol. The molecule has 3 aliphatic rings. The van der Waals surface area contributed by atoms with Crippen LogP contribution in [0.3, 0.4) is 0 Å². The third-order valence-electron chi connectivity index (χ3n) is 6.70. The van der Waals surface area contributed by atoms with Crippen molar-refractivity contribution in [2.45, 2.75) is 56.3 Å². The Morgan fingerprint density at radius 1 is 0.929 bits per heavy atom. The third-order valence-corrected chi connectivity index (χ3v) is 8.92. The predicted octanol–water partition coefficient (Wildman–Crippen LogP) is 4.17. The lowest BCUT2D eigenvalue weighted by atomic mass is 9.75. The minimum absolute atomic E-state index is 0.135. The topological polar surface area (TPSA) is 57.7 Å². The van der Waals surface area contributed by atoms with Gasteiger partial charge in [0.05, 0.1) is 15.5 Å². The van der Waals surface area contributed by atoms with Gasteiger partial charge in [0, 0.05) is 26.2 Å². The molecule has 2 aliphatic heterocycles. The fourth-order valence-electron chi connectivity index (χ4n) is 5.04. The standard InChI is InChI=1S/C21H29ClN2O3S/c22-20-9-8-18(28(26,27)24-11-4-1-5-12-24)14-19(20)21(25)23-13-10-16-6-2-3-7-17(16)15-23/h8-9,14,16-17H,1-7,10-13,15H2/t16-,17-/m0/s1. The summed E-state index contributed by atoms with van der Waals surface area (Å²) in [6.07, 6.45) is 8.88. The van der Waals surface area contributed by atoms with Gasteiger partial charge in [-0.15, -0.1) is 0 Å². The van der Waals surface area contributed by atoms with Gasteiger partial charge >= 0.3 is 0 Å². The Bertz CT molecular complexity index is 836. The first-order valence-electron chi connectivity index (χ1n) is 10.6. The molecule has 1 saturated carbocycles. The summed E-state index contributed by atoms with van der Waals surface area (Å²) in [6, 6.07) is 4.57. The van der Waals surface area contributed by atoms with E-state index >= 15 is 0 Å². The Kier molecular flexibility index (Phi) is 6.00. The van der Waals surface area contributed by atoms with Crippen LogP contribution in [0, 0.1) is 11.8 Å². The second-order valence-corrected chi connectivity index (χ2v) is 10.8. The van der Waals surface area contributed by atoms with Crippen LogP contribution in [-0.2, 0) is 10.0 Å². The Balaban J connectivity index is 1.56. The van der Waals surface area contributed by atoms with E-state index in [1.807, 2.05) is 4.90 Å². The summed E-state index contributed by atoms with van der Waals surface area (Å²) in [4.78, 5) is 15.2. The zero-order valence-corrected chi connectivity index (χ0v) is 17.8. The van der Waals surface area contributed by atoms with Gasteiger partial charge in [-0.2, -0.15) is 4.31 Å². The number of likely N-dealkylation sites (tertiary alicyclic amines) is 1. The molecule has 0 bridgehead atoms. The first-order valence-corrected chi connectivity index (χ1v) is 12.4. The van der Waals surface area contributed by atoms with E-state index in [1.165, 1.54) is 42.1 Å². The molecule has 2 saturated heterocycles. The molecule has 0 radical (unpaired) electrons. The van der Waals surface area contributed by atoms with Crippen molar-refractivity contribution >= 4 is 27.5 Å². The highest BCUT2D eigenvalue weighted by Gasteiger charge is 2.34. The number of halogens is 1. The van der Waals surface area contributed by atoms with E-state index in [9.17, 15) is 13.2 Å². The van der Waals surface area contributed by atoms with Crippen LogP contribution in [0.15, 0.2) is 23.1 Å². The Morgan fingerprint density at radius 3 is 2.39 bits per heavy atom. The van der Waals surface area contributed by atoms with Crippen molar-refractivity contribution in [3.63, 3.8) is 0 Å². The molecule has 1 aliphatic carbocycles. The van der Waals surface area contributed by atoms with Gasteiger partial charge in [0.1, 0.15) is 0 Å². The number of sulfonamides is 1. The van der Waals surface area contributed by atoms with Gasteiger partial charge in [0.25, 0.3) is 5.91 Å². The van der Waals surface area contributed by atoms with Gasteiger partial charge in [-0.25, -0.2) is 8.42 Å².